The molecule has 1 aliphatic heterocycles. The third-order valence-corrected chi connectivity index (χ3v) is 4.83. The molecule has 0 spiro atoms. The fraction of sp³-hybridized carbons (Fsp3) is 0.333. The Kier molecular flexibility index (Phi) is 3.98. The molecule has 3 aromatic rings. The summed E-state index contributed by atoms with van der Waals surface area (Å²) in [6, 6.07) is 4.65. The van der Waals surface area contributed by atoms with E-state index in [1.807, 2.05) is 13.8 Å². The molecule has 10 nitrogen and oxygen atoms in total. The predicted octanol–water partition coefficient (Wildman–Crippen LogP) is 1.26. The zero-order valence-corrected chi connectivity index (χ0v) is 15.6. The van der Waals surface area contributed by atoms with E-state index in [1.165, 1.54) is 15.6 Å². The lowest BCUT2D eigenvalue weighted by Crippen LogP contribution is -2.47. The number of aromatic nitrogens is 4. The van der Waals surface area contributed by atoms with Gasteiger partial charge in [0.25, 0.3) is 5.91 Å². The van der Waals surface area contributed by atoms with Gasteiger partial charge in [0.05, 0.1) is 25.9 Å². The number of ether oxygens (including phenoxy) is 1. The van der Waals surface area contributed by atoms with Crippen LogP contribution in [-0.2, 0) is 16.9 Å². The average Bonchev–Trinajstić information content (AvgIpc) is 3.33. The Morgan fingerprint density at radius 3 is 2.71 bits per heavy atom. The van der Waals surface area contributed by atoms with Crippen molar-refractivity contribution in [2.24, 2.45) is 0 Å². The molecule has 3 heterocycles. The van der Waals surface area contributed by atoms with E-state index in [9.17, 15) is 14.7 Å². The number of nitrogens with zero attached hydrogens (tertiary/aromatic N) is 4. The molecule has 0 saturated carbocycles. The molecule has 146 valence electrons. The van der Waals surface area contributed by atoms with Gasteiger partial charge in [-0.15, -0.1) is 0 Å². The number of carbonyl (C=O) groups excluding carboxylic acids is 2. The first-order valence-electron chi connectivity index (χ1n) is 8.76. The number of imide groups is 1. The fourth-order valence-electron chi connectivity index (χ4n) is 3.31. The number of carbonyl (C=O) groups is 2. The number of amides is 3. The monoisotopic (exact) mass is 384 g/mol. The predicted molar refractivity (Wildman–Crippen MR) is 98.9 cm³/mol. The summed E-state index contributed by atoms with van der Waals surface area (Å²) in [6.07, 6.45) is 3.16. The Balaban J connectivity index is 1.81. The first-order chi connectivity index (χ1) is 13.3. The third-order valence-electron chi connectivity index (χ3n) is 4.83. The Bertz CT molecular complexity index is 1090. The number of aromatic hydroxyl groups is 1. The Morgan fingerprint density at radius 1 is 1.32 bits per heavy atom. The quantitative estimate of drug-likeness (QED) is 0.569. The molecule has 1 aromatic carbocycles. The maximum Gasteiger partial charge on any atom is 0.322 e. The highest BCUT2D eigenvalue weighted by Crippen LogP contribution is 2.34. The molecular formula is C18H20N6O4. The summed E-state index contributed by atoms with van der Waals surface area (Å²) in [7, 11) is 1.54. The lowest BCUT2D eigenvalue weighted by atomic mass is 9.96. The maximum atomic E-state index is 12.7. The normalized spacial score (nSPS) is 19.3. The van der Waals surface area contributed by atoms with E-state index in [0.29, 0.717) is 16.8 Å². The lowest BCUT2D eigenvalue weighted by molar-refractivity contribution is -0.125. The summed E-state index contributed by atoms with van der Waals surface area (Å²) in [6.45, 7) is 3.76. The van der Waals surface area contributed by atoms with Gasteiger partial charge >= 0.3 is 6.03 Å². The van der Waals surface area contributed by atoms with E-state index in [-0.39, 0.29) is 18.5 Å². The maximum absolute atomic E-state index is 12.7. The van der Waals surface area contributed by atoms with Gasteiger partial charge in [-0.25, -0.2) is 4.79 Å². The molecule has 28 heavy (non-hydrogen) atoms. The summed E-state index contributed by atoms with van der Waals surface area (Å²) < 4.78 is 6.71. The summed E-state index contributed by atoms with van der Waals surface area (Å²) in [5, 5.41) is 25.5. The topological polar surface area (TPSA) is 123 Å². The van der Waals surface area contributed by atoms with Crippen molar-refractivity contribution in [2.45, 2.75) is 32.0 Å². The smallest absolute Gasteiger partial charge is 0.322 e. The first-order valence-corrected chi connectivity index (χ1v) is 8.76. The highest BCUT2D eigenvalue weighted by atomic mass is 16.5. The van der Waals surface area contributed by atoms with Crippen LogP contribution in [0.2, 0.25) is 0 Å². The number of hydrogen-bond acceptors (Lipinski definition) is 6. The number of rotatable bonds is 5. The van der Waals surface area contributed by atoms with Gasteiger partial charge in [-0.3, -0.25) is 10.1 Å². The van der Waals surface area contributed by atoms with Crippen molar-refractivity contribution in [2.75, 3.05) is 7.11 Å². The molecule has 1 atom stereocenters. The van der Waals surface area contributed by atoms with Crippen LogP contribution < -0.4 is 15.4 Å². The first kappa shape index (κ1) is 17.8. The van der Waals surface area contributed by atoms with Crippen LogP contribution in [0.15, 0.2) is 30.6 Å². The van der Waals surface area contributed by atoms with Crippen LogP contribution in [0.1, 0.15) is 25.6 Å². The number of nitrogens with one attached hydrogen (secondary N) is 2. The van der Waals surface area contributed by atoms with E-state index in [2.05, 4.69) is 20.8 Å². The lowest BCUT2D eigenvalue weighted by Gasteiger charge is -2.24. The molecule has 3 N–H and O–H groups in total. The minimum atomic E-state index is -1.49. The van der Waals surface area contributed by atoms with Gasteiger partial charge in [-0.1, -0.05) is 0 Å². The molecule has 1 aliphatic rings. The Morgan fingerprint density at radius 2 is 2.11 bits per heavy atom. The van der Waals surface area contributed by atoms with Crippen LogP contribution >= 0.6 is 0 Å². The largest absolute Gasteiger partial charge is 0.497 e. The molecule has 0 aliphatic carbocycles. The minimum Gasteiger partial charge on any atom is -0.497 e. The molecular weight excluding hydrogens is 364 g/mol. The van der Waals surface area contributed by atoms with E-state index in [4.69, 9.17) is 4.74 Å². The van der Waals surface area contributed by atoms with Gasteiger partial charge in [0, 0.05) is 17.0 Å². The van der Waals surface area contributed by atoms with Crippen molar-refractivity contribution < 1.29 is 19.4 Å². The van der Waals surface area contributed by atoms with Gasteiger partial charge in [0.15, 0.2) is 11.4 Å². The molecule has 0 bridgehead atoms. The van der Waals surface area contributed by atoms with Gasteiger partial charge in [0.1, 0.15) is 11.4 Å². The summed E-state index contributed by atoms with van der Waals surface area (Å²) >= 11 is 0. The third kappa shape index (κ3) is 2.65. The van der Waals surface area contributed by atoms with Crippen molar-refractivity contribution in [3.05, 3.63) is 36.3 Å². The average molecular weight is 384 g/mol. The zero-order valence-electron chi connectivity index (χ0n) is 15.6. The zero-order chi connectivity index (χ0) is 20.1. The second kappa shape index (κ2) is 6.25. The molecule has 4 rings (SSSR count). The van der Waals surface area contributed by atoms with Crippen molar-refractivity contribution in [3.63, 3.8) is 0 Å². The summed E-state index contributed by atoms with van der Waals surface area (Å²) in [5.74, 6) is 0.00331. The van der Waals surface area contributed by atoms with E-state index < -0.39 is 17.5 Å². The van der Waals surface area contributed by atoms with Gasteiger partial charge in [-0.2, -0.15) is 15.0 Å². The van der Waals surface area contributed by atoms with Crippen molar-refractivity contribution in [3.8, 4) is 11.6 Å². The highest BCUT2D eigenvalue weighted by molar-refractivity contribution is 6.07. The molecule has 0 radical (unpaired) electrons. The van der Waals surface area contributed by atoms with Gasteiger partial charge in [-0.05, 0) is 32.0 Å². The van der Waals surface area contributed by atoms with Crippen LogP contribution in [0.25, 0.3) is 10.8 Å². The van der Waals surface area contributed by atoms with Gasteiger partial charge in [0.2, 0.25) is 0 Å². The van der Waals surface area contributed by atoms with E-state index in [1.54, 1.807) is 31.5 Å². The molecule has 1 fully saturated rings. The van der Waals surface area contributed by atoms with Crippen LogP contribution in [0, 0.1) is 0 Å². The van der Waals surface area contributed by atoms with Crippen LogP contribution in [0.5, 0.6) is 11.6 Å². The van der Waals surface area contributed by atoms with Crippen molar-refractivity contribution >= 4 is 22.7 Å². The number of hydrogen-bond donors (Lipinski definition) is 3. The standard InChI is InChI=1S/C18H20N6O4/c1-10(2)24-19-7-14(22-24)18(16(26)20-17(27)21-18)9-23-8-11-4-5-12(28-3)6-13(11)15(23)25/h4-8,10,25H,9H2,1-3H3,(H2,20,21,26,27)/t18-/m0/s1. The molecule has 10 heteroatoms. The molecule has 0 unspecified atom stereocenters. The van der Waals surface area contributed by atoms with Crippen LogP contribution in [0.4, 0.5) is 4.79 Å². The number of methoxy groups -OCH3 is 1. The highest BCUT2D eigenvalue weighted by Gasteiger charge is 2.50. The van der Waals surface area contributed by atoms with E-state index >= 15 is 0 Å². The van der Waals surface area contributed by atoms with Crippen LogP contribution in [-0.4, -0.2) is 43.7 Å². The SMILES string of the molecule is COc1ccc2cn(C[C@@]3(c4cnn(C(C)C)n4)NC(=O)NC3=O)c(O)c2c1. The van der Waals surface area contributed by atoms with Crippen LogP contribution in [0.3, 0.4) is 0 Å². The molecule has 1 saturated heterocycles. The second-order valence-electron chi connectivity index (χ2n) is 6.99. The second-order valence-corrected chi connectivity index (χ2v) is 6.99. The summed E-state index contributed by atoms with van der Waals surface area (Å²) in [4.78, 5) is 26.1. The van der Waals surface area contributed by atoms with Gasteiger partial charge < -0.3 is 19.7 Å². The molecule has 3 amide bonds. The van der Waals surface area contributed by atoms with E-state index in [0.717, 1.165) is 5.39 Å². The van der Waals surface area contributed by atoms with Crippen molar-refractivity contribution in [1.29, 1.82) is 0 Å². The fourth-order valence-corrected chi connectivity index (χ4v) is 3.31. The number of urea groups is 1. The van der Waals surface area contributed by atoms with Crippen molar-refractivity contribution in [1.82, 2.24) is 30.2 Å². The Hall–Kier alpha value is -3.56. The molecule has 2 aromatic heterocycles. The summed E-state index contributed by atoms with van der Waals surface area (Å²) in [5.41, 5.74) is -1.19. The number of benzene rings is 1. The number of fused-ring (bicyclic) bond motifs is 1. The Labute approximate surface area is 160 Å². The minimum absolute atomic E-state index is 0.0130.